The molecule has 3 N–H and O–H groups in total. The minimum absolute atomic E-state index is 0.0133. The third-order valence-electron chi connectivity index (χ3n) is 2.49. The summed E-state index contributed by atoms with van der Waals surface area (Å²) < 4.78 is 39.4. The number of hydrogen-bond donors (Lipinski definition) is 2. The molecule has 19 heavy (non-hydrogen) atoms. The van der Waals surface area contributed by atoms with E-state index >= 15 is 0 Å². The second-order valence-electron chi connectivity index (χ2n) is 3.97. The van der Waals surface area contributed by atoms with Crippen LogP contribution >= 0.6 is 0 Å². The highest BCUT2D eigenvalue weighted by atomic mass is 32.2. The molecule has 0 saturated carbocycles. The Balaban J connectivity index is 2.41. The fourth-order valence-corrected chi connectivity index (χ4v) is 3.09. The molecule has 0 atom stereocenters. The van der Waals surface area contributed by atoms with Gasteiger partial charge in [-0.3, -0.25) is 4.72 Å². The van der Waals surface area contributed by atoms with E-state index in [1.165, 1.54) is 12.1 Å². The van der Waals surface area contributed by atoms with Crippen molar-refractivity contribution in [3.63, 3.8) is 0 Å². The first-order valence-electron chi connectivity index (χ1n) is 5.39. The van der Waals surface area contributed by atoms with Crippen LogP contribution < -0.4 is 10.5 Å². The van der Waals surface area contributed by atoms with E-state index in [1.807, 2.05) is 0 Å². The van der Waals surface area contributed by atoms with Crippen LogP contribution in [0.1, 0.15) is 5.56 Å². The monoisotopic (exact) mass is 281 g/mol. The number of anilines is 2. The predicted molar refractivity (Wildman–Crippen MR) is 70.6 cm³/mol. The molecule has 0 radical (unpaired) electrons. The lowest BCUT2D eigenvalue weighted by Crippen LogP contribution is -2.16. The Morgan fingerprint density at radius 3 is 2.58 bits per heavy atom. The lowest BCUT2D eigenvalue weighted by atomic mass is 10.2. The van der Waals surface area contributed by atoms with Gasteiger partial charge in [-0.15, -0.1) is 0 Å². The Kier molecular flexibility index (Phi) is 3.39. The fourth-order valence-electron chi connectivity index (χ4n) is 1.68. The third-order valence-corrected chi connectivity index (χ3v) is 4.09. The number of nitrogen functional groups attached to an aromatic ring is 1. The number of aromatic nitrogens is 1. The summed E-state index contributed by atoms with van der Waals surface area (Å²) in [4.78, 5) is 3.39. The van der Waals surface area contributed by atoms with Crippen molar-refractivity contribution in [2.45, 2.75) is 11.8 Å². The highest BCUT2D eigenvalue weighted by Crippen LogP contribution is 2.24. The molecule has 2 rings (SSSR count). The van der Waals surface area contributed by atoms with Gasteiger partial charge in [-0.1, -0.05) is 12.1 Å². The standard InChI is InChI=1S/C12H12FN3O2S/c1-8-3-2-4-10(14)12(8)19(17,18)16-9-5-6-11(13)15-7-9/h2-7,16H,14H2,1H3. The Bertz CT molecular complexity index is 679. The molecule has 0 saturated heterocycles. The maximum atomic E-state index is 12.7. The number of halogens is 1. The van der Waals surface area contributed by atoms with E-state index < -0.39 is 16.0 Å². The van der Waals surface area contributed by atoms with Crippen molar-refractivity contribution in [2.24, 2.45) is 0 Å². The van der Waals surface area contributed by atoms with Crippen LogP contribution in [0.15, 0.2) is 41.4 Å². The zero-order valence-corrected chi connectivity index (χ0v) is 10.9. The maximum absolute atomic E-state index is 12.7. The average Bonchev–Trinajstić information content (AvgIpc) is 2.31. The maximum Gasteiger partial charge on any atom is 0.264 e. The van der Waals surface area contributed by atoms with Crippen molar-refractivity contribution in [3.05, 3.63) is 48.0 Å². The van der Waals surface area contributed by atoms with E-state index in [9.17, 15) is 12.8 Å². The molecular formula is C12H12FN3O2S. The van der Waals surface area contributed by atoms with Gasteiger partial charge in [0.2, 0.25) is 5.95 Å². The molecular weight excluding hydrogens is 269 g/mol. The zero-order valence-electron chi connectivity index (χ0n) is 10.1. The zero-order chi connectivity index (χ0) is 14.0. The van der Waals surface area contributed by atoms with Gasteiger partial charge in [0.1, 0.15) is 4.90 Å². The Morgan fingerprint density at radius 2 is 2.00 bits per heavy atom. The van der Waals surface area contributed by atoms with Crippen LogP contribution in [0.3, 0.4) is 0 Å². The van der Waals surface area contributed by atoms with Crippen molar-refractivity contribution in [1.82, 2.24) is 4.98 Å². The van der Waals surface area contributed by atoms with E-state index in [-0.39, 0.29) is 16.3 Å². The Hall–Kier alpha value is -2.15. The molecule has 1 aromatic carbocycles. The van der Waals surface area contributed by atoms with Gasteiger partial charge in [0.15, 0.2) is 0 Å². The summed E-state index contributed by atoms with van der Waals surface area (Å²) in [6, 6.07) is 7.18. The predicted octanol–water partition coefficient (Wildman–Crippen LogP) is 1.91. The topological polar surface area (TPSA) is 85.1 Å². The first-order valence-corrected chi connectivity index (χ1v) is 6.88. The number of pyridine rings is 1. The summed E-state index contributed by atoms with van der Waals surface area (Å²) in [6.45, 7) is 1.65. The van der Waals surface area contributed by atoms with Gasteiger partial charge in [-0.2, -0.15) is 4.39 Å². The molecule has 0 amide bonds. The first kappa shape index (κ1) is 13.3. The van der Waals surface area contributed by atoms with E-state index in [0.717, 1.165) is 12.3 Å². The number of benzene rings is 1. The molecule has 0 fully saturated rings. The molecule has 1 aromatic heterocycles. The molecule has 7 heteroatoms. The number of nitrogens with two attached hydrogens (primary N) is 1. The van der Waals surface area contributed by atoms with Crippen LogP contribution in [0.2, 0.25) is 0 Å². The molecule has 0 bridgehead atoms. The normalized spacial score (nSPS) is 11.3. The van der Waals surface area contributed by atoms with E-state index in [0.29, 0.717) is 5.56 Å². The summed E-state index contributed by atoms with van der Waals surface area (Å²) in [7, 11) is -3.82. The molecule has 0 unspecified atom stereocenters. The molecule has 1 heterocycles. The van der Waals surface area contributed by atoms with Crippen molar-refractivity contribution >= 4 is 21.4 Å². The van der Waals surface area contributed by atoms with Crippen molar-refractivity contribution in [1.29, 1.82) is 0 Å². The largest absolute Gasteiger partial charge is 0.398 e. The molecule has 0 aliphatic rings. The second-order valence-corrected chi connectivity index (χ2v) is 5.59. The fraction of sp³-hybridized carbons (Fsp3) is 0.0833. The summed E-state index contributed by atoms with van der Waals surface area (Å²) in [6.07, 6.45) is 1.10. The molecule has 0 aliphatic heterocycles. The van der Waals surface area contributed by atoms with Crippen molar-refractivity contribution in [2.75, 3.05) is 10.5 Å². The molecule has 5 nitrogen and oxygen atoms in total. The van der Waals surface area contributed by atoms with Crippen LogP contribution in [-0.4, -0.2) is 13.4 Å². The van der Waals surface area contributed by atoms with Gasteiger partial charge in [0, 0.05) is 0 Å². The summed E-state index contributed by atoms with van der Waals surface area (Å²) in [5, 5.41) is 0. The summed E-state index contributed by atoms with van der Waals surface area (Å²) in [5.41, 5.74) is 6.55. The van der Waals surface area contributed by atoms with Gasteiger partial charge in [-0.05, 0) is 30.7 Å². The van der Waals surface area contributed by atoms with Crippen LogP contribution in [0, 0.1) is 12.9 Å². The average molecular weight is 281 g/mol. The van der Waals surface area contributed by atoms with Gasteiger partial charge >= 0.3 is 0 Å². The van der Waals surface area contributed by atoms with Gasteiger partial charge < -0.3 is 5.73 Å². The Labute approximate surface area is 110 Å². The van der Waals surface area contributed by atoms with Gasteiger partial charge in [-0.25, -0.2) is 13.4 Å². The SMILES string of the molecule is Cc1cccc(N)c1S(=O)(=O)Nc1ccc(F)nc1. The summed E-state index contributed by atoms with van der Waals surface area (Å²) >= 11 is 0. The van der Waals surface area contributed by atoms with Crippen LogP contribution in [0.25, 0.3) is 0 Å². The minimum Gasteiger partial charge on any atom is -0.398 e. The molecule has 2 aromatic rings. The van der Waals surface area contributed by atoms with E-state index in [4.69, 9.17) is 5.73 Å². The lowest BCUT2D eigenvalue weighted by molar-refractivity contribution is 0.583. The number of nitrogens with one attached hydrogen (secondary N) is 1. The number of aryl methyl sites for hydroxylation is 1. The minimum atomic E-state index is -3.82. The van der Waals surface area contributed by atoms with E-state index in [1.54, 1.807) is 19.1 Å². The third kappa shape index (κ3) is 2.82. The molecule has 0 aliphatic carbocycles. The van der Waals surface area contributed by atoms with Crippen molar-refractivity contribution < 1.29 is 12.8 Å². The highest BCUT2D eigenvalue weighted by molar-refractivity contribution is 7.93. The number of sulfonamides is 1. The lowest BCUT2D eigenvalue weighted by Gasteiger charge is -2.12. The molecule has 100 valence electrons. The number of rotatable bonds is 3. The second kappa shape index (κ2) is 4.85. The summed E-state index contributed by atoms with van der Waals surface area (Å²) in [5.74, 6) is -0.682. The number of nitrogens with zero attached hydrogens (tertiary/aromatic N) is 1. The quantitative estimate of drug-likeness (QED) is 0.665. The van der Waals surface area contributed by atoms with E-state index in [2.05, 4.69) is 9.71 Å². The van der Waals surface area contributed by atoms with Crippen LogP contribution in [0.5, 0.6) is 0 Å². The van der Waals surface area contributed by atoms with Gasteiger partial charge in [0.05, 0.1) is 17.6 Å². The van der Waals surface area contributed by atoms with Crippen LogP contribution in [-0.2, 0) is 10.0 Å². The van der Waals surface area contributed by atoms with Crippen LogP contribution in [0.4, 0.5) is 15.8 Å². The smallest absolute Gasteiger partial charge is 0.264 e. The van der Waals surface area contributed by atoms with Gasteiger partial charge in [0.25, 0.3) is 10.0 Å². The number of hydrogen-bond acceptors (Lipinski definition) is 4. The highest BCUT2D eigenvalue weighted by Gasteiger charge is 2.20. The van der Waals surface area contributed by atoms with Crippen molar-refractivity contribution in [3.8, 4) is 0 Å². The Morgan fingerprint density at radius 1 is 1.26 bits per heavy atom. The molecule has 0 spiro atoms. The first-order chi connectivity index (χ1) is 8.90.